The molecule has 1 aromatic heterocycles. The molecule has 0 amide bonds. The Morgan fingerprint density at radius 2 is 2.05 bits per heavy atom. The lowest BCUT2D eigenvalue weighted by Gasteiger charge is -2.07. The summed E-state index contributed by atoms with van der Waals surface area (Å²) in [5.41, 5.74) is 7.43. The highest BCUT2D eigenvalue weighted by atomic mass is 35.5. The first kappa shape index (κ1) is 13.9. The number of nitrogen functional groups attached to an aromatic ring is 1. The highest BCUT2D eigenvalue weighted by Crippen LogP contribution is 2.26. The number of anilines is 1. The lowest BCUT2D eigenvalue weighted by molar-refractivity contribution is 0.0476. The maximum Gasteiger partial charge on any atom is 0.340 e. The van der Waals surface area contributed by atoms with Crippen LogP contribution in [0.15, 0.2) is 47.8 Å². The average Bonchev–Trinajstić information content (AvgIpc) is 2.88. The van der Waals surface area contributed by atoms with Crippen molar-refractivity contribution in [3.63, 3.8) is 0 Å². The van der Waals surface area contributed by atoms with Gasteiger partial charge in [0.1, 0.15) is 6.61 Å². The van der Waals surface area contributed by atoms with E-state index in [1.165, 1.54) is 10.8 Å². The number of hydrogen-bond donors (Lipinski definition) is 1. The summed E-state index contributed by atoms with van der Waals surface area (Å²) < 4.78 is 6.52. The number of nitrogens with two attached hydrogens (primary N) is 1. The number of esters is 1. The van der Waals surface area contributed by atoms with Crippen molar-refractivity contribution in [2.24, 2.45) is 0 Å². The van der Waals surface area contributed by atoms with E-state index in [2.05, 4.69) is 0 Å². The normalized spacial score (nSPS) is 10.7. The molecule has 0 aliphatic carbocycles. The topological polar surface area (TPSA) is 52.3 Å². The molecule has 3 aromatic rings. The van der Waals surface area contributed by atoms with E-state index in [0.717, 1.165) is 10.9 Å². The summed E-state index contributed by atoms with van der Waals surface area (Å²) in [5, 5.41) is 3.61. The lowest BCUT2D eigenvalue weighted by Crippen LogP contribution is -2.08. The van der Waals surface area contributed by atoms with E-state index >= 15 is 0 Å². The number of ether oxygens (including phenoxy) is 1. The molecule has 1 heterocycles. The van der Waals surface area contributed by atoms with Crippen molar-refractivity contribution in [3.05, 3.63) is 64.0 Å². The van der Waals surface area contributed by atoms with Gasteiger partial charge in [0, 0.05) is 21.0 Å². The molecule has 0 atom stereocenters. The van der Waals surface area contributed by atoms with Crippen LogP contribution in [0.3, 0.4) is 0 Å². The smallest absolute Gasteiger partial charge is 0.340 e. The third-order valence-corrected chi connectivity index (χ3v) is 4.40. The van der Waals surface area contributed by atoms with Crippen LogP contribution in [0.5, 0.6) is 0 Å². The third-order valence-electron chi connectivity index (χ3n) is 3.15. The van der Waals surface area contributed by atoms with Crippen LogP contribution in [0.4, 0.5) is 5.69 Å². The minimum absolute atomic E-state index is 0.227. The lowest BCUT2D eigenvalue weighted by atomic mass is 10.2. The fourth-order valence-corrected chi connectivity index (χ4v) is 3.21. The highest BCUT2D eigenvalue weighted by Gasteiger charge is 2.13. The molecule has 106 valence electrons. The molecule has 2 N–H and O–H groups in total. The zero-order valence-corrected chi connectivity index (χ0v) is 12.6. The van der Waals surface area contributed by atoms with Crippen LogP contribution in [0.25, 0.3) is 10.1 Å². The Kier molecular flexibility index (Phi) is 3.82. The SMILES string of the molecule is Nc1cc(Cl)ccc1C(=O)OCc1csc2ccccc12. The molecule has 21 heavy (non-hydrogen) atoms. The van der Waals surface area contributed by atoms with Crippen LogP contribution >= 0.6 is 22.9 Å². The van der Waals surface area contributed by atoms with Gasteiger partial charge in [-0.3, -0.25) is 0 Å². The van der Waals surface area contributed by atoms with E-state index in [1.807, 2.05) is 29.6 Å². The van der Waals surface area contributed by atoms with Gasteiger partial charge < -0.3 is 10.5 Å². The van der Waals surface area contributed by atoms with Gasteiger partial charge in [0.2, 0.25) is 0 Å². The Labute approximate surface area is 130 Å². The van der Waals surface area contributed by atoms with Gasteiger partial charge in [-0.15, -0.1) is 11.3 Å². The Balaban J connectivity index is 1.77. The molecule has 0 saturated heterocycles. The van der Waals surface area contributed by atoms with Crippen molar-refractivity contribution >= 4 is 44.7 Å². The van der Waals surface area contributed by atoms with Crippen LogP contribution in [0.2, 0.25) is 5.02 Å². The van der Waals surface area contributed by atoms with Gasteiger partial charge in [-0.05, 0) is 35.0 Å². The number of hydrogen-bond acceptors (Lipinski definition) is 4. The van der Waals surface area contributed by atoms with Crippen LogP contribution in [-0.4, -0.2) is 5.97 Å². The summed E-state index contributed by atoms with van der Waals surface area (Å²) in [7, 11) is 0. The number of thiophene rings is 1. The summed E-state index contributed by atoms with van der Waals surface area (Å²) in [6.45, 7) is 0.227. The van der Waals surface area contributed by atoms with E-state index in [1.54, 1.807) is 23.5 Å². The number of rotatable bonds is 3. The maximum atomic E-state index is 12.1. The molecule has 0 aliphatic heterocycles. The zero-order valence-electron chi connectivity index (χ0n) is 11.0. The second kappa shape index (κ2) is 5.76. The fourth-order valence-electron chi connectivity index (χ4n) is 2.09. The van der Waals surface area contributed by atoms with E-state index in [0.29, 0.717) is 16.3 Å². The molecular formula is C16H12ClNO2S. The summed E-state index contributed by atoms with van der Waals surface area (Å²) >= 11 is 7.45. The second-order valence-electron chi connectivity index (χ2n) is 4.56. The van der Waals surface area contributed by atoms with E-state index in [9.17, 15) is 4.79 Å². The molecule has 0 aliphatic rings. The molecular weight excluding hydrogens is 306 g/mol. The van der Waals surface area contributed by atoms with Crippen LogP contribution in [0, 0.1) is 0 Å². The molecule has 0 saturated carbocycles. The van der Waals surface area contributed by atoms with Crippen molar-refractivity contribution in [1.29, 1.82) is 0 Å². The van der Waals surface area contributed by atoms with Gasteiger partial charge in [0.25, 0.3) is 0 Å². The molecule has 3 nitrogen and oxygen atoms in total. The van der Waals surface area contributed by atoms with Gasteiger partial charge >= 0.3 is 5.97 Å². The van der Waals surface area contributed by atoms with Gasteiger partial charge in [-0.1, -0.05) is 29.8 Å². The van der Waals surface area contributed by atoms with Crippen molar-refractivity contribution in [3.8, 4) is 0 Å². The Morgan fingerprint density at radius 3 is 2.86 bits per heavy atom. The van der Waals surface area contributed by atoms with Crippen LogP contribution in [-0.2, 0) is 11.3 Å². The fraction of sp³-hybridized carbons (Fsp3) is 0.0625. The molecule has 2 aromatic carbocycles. The average molecular weight is 318 g/mol. The Morgan fingerprint density at radius 1 is 1.24 bits per heavy atom. The summed E-state index contributed by atoms with van der Waals surface area (Å²) in [5.74, 6) is -0.445. The van der Waals surface area contributed by atoms with E-state index in [4.69, 9.17) is 22.1 Å². The monoisotopic (exact) mass is 317 g/mol. The van der Waals surface area contributed by atoms with Crippen molar-refractivity contribution in [2.45, 2.75) is 6.61 Å². The summed E-state index contributed by atoms with van der Waals surface area (Å²) in [4.78, 5) is 12.1. The Bertz CT molecular complexity index is 813. The molecule has 0 bridgehead atoms. The summed E-state index contributed by atoms with van der Waals surface area (Å²) in [6.07, 6.45) is 0. The van der Waals surface area contributed by atoms with E-state index < -0.39 is 5.97 Å². The van der Waals surface area contributed by atoms with Gasteiger partial charge in [-0.25, -0.2) is 4.79 Å². The van der Waals surface area contributed by atoms with E-state index in [-0.39, 0.29) is 6.61 Å². The molecule has 0 radical (unpaired) electrons. The first-order chi connectivity index (χ1) is 10.1. The number of halogens is 1. The van der Waals surface area contributed by atoms with Crippen molar-refractivity contribution < 1.29 is 9.53 Å². The number of benzene rings is 2. The van der Waals surface area contributed by atoms with Crippen LogP contribution in [0.1, 0.15) is 15.9 Å². The zero-order chi connectivity index (χ0) is 14.8. The largest absolute Gasteiger partial charge is 0.457 e. The first-order valence-electron chi connectivity index (χ1n) is 6.32. The number of carbonyl (C=O) groups excluding carboxylic acids is 1. The maximum absolute atomic E-state index is 12.1. The third kappa shape index (κ3) is 2.86. The predicted molar refractivity (Wildman–Crippen MR) is 86.8 cm³/mol. The van der Waals surface area contributed by atoms with Crippen molar-refractivity contribution in [2.75, 3.05) is 5.73 Å². The molecule has 0 spiro atoms. The minimum Gasteiger partial charge on any atom is -0.457 e. The standard InChI is InChI=1S/C16H12ClNO2S/c17-11-5-6-13(14(18)7-11)16(19)20-8-10-9-21-15-4-2-1-3-12(10)15/h1-7,9H,8,18H2. The molecule has 0 unspecified atom stereocenters. The minimum atomic E-state index is -0.445. The van der Waals surface area contributed by atoms with Gasteiger partial charge in [0.05, 0.1) is 5.56 Å². The molecule has 0 fully saturated rings. The first-order valence-corrected chi connectivity index (χ1v) is 7.58. The molecule has 3 rings (SSSR count). The summed E-state index contributed by atoms with van der Waals surface area (Å²) in [6, 6.07) is 12.8. The van der Waals surface area contributed by atoms with Crippen molar-refractivity contribution in [1.82, 2.24) is 0 Å². The molecule has 5 heteroatoms. The van der Waals surface area contributed by atoms with Gasteiger partial charge in [-0.2, -0.15) is 0 Å². The van der Waals surface area contributed by atoms with Gasteiger partial charge in [0.15, 0.2) is 0 Å². The highest BCUT2D eigenvalue weighted by molar-refractivity contribution is 7.17. The quantitative estimate of drug-likeness (QED) is 0.572. The van der Waals surface area contributed by atoms with Crippen LogP contribution < -0.4 is 5.73 Å². The number of carbonyl (C=O) groups is 1. The second-order valence-corrected chi connectivity index (χ2v) is 5.91. The predicted octanol–water partition coefficient (Wildman–Crippen LogP) is 4.49. The number of fused-ring (bicyclic) bond motifs is 1. The Hall–Kier alpha value is -2.04.